The van der Waals surface area contributed by atoms with Gasteiger partial charge in [0, 0.05) is 16.9 Å². The predicted molar refractivity (Wildman–Crippen MR) is 110 cm³/mol. The molecule has 2 aromatic rings. The minimum atomic E-state index is -0.503. The van der Waals surface area contributed by atoms with Crippen molar-refractivity contribution in [1.82, 2.24) is 10.2 Å². The van der Waals surface area contributed by atoms with Gasteiger partial charge in [-0.15, -0.1) is 11.8 Å². The second-order valence-corrected chi connectivity index (χ2v) is 7.49. The summed E-state index contributed by atoms with van der Waals surface area (Å²) in [5.74, 6) is 2.14. The van der Waals surface area contributed by atoms with Crippen LogP contribution in [0, 0.1) is 0 Å². The van der Waals surface area contributed by atoms with E-state index >= 15 is 0 Å². The number of benzene rings is 2. The Labute approximate surface area is 169 Å². The van der Waals surface area contributed by atoms with E-state index in [1.165, 1.54) is 0 Å². The lowest BCUT2D eigenvalue weighted by molar-refractivity contribution is -0.125. The fourth-order valence-corrected chi connectivity index (χ4v) is 4.33. The maximum atomic E-state index is 12.9. The minimum Gasteiger partial charge on any atom is -0.497 e. The van der Waals surface area contributed by atoms with Crippen molar-refractivity contribution >= 4 is 23.6 Å². The van der Waals surface area contributed by atoms with Gasteiger partial charge in [-0.2, -0.15) is 0 Å². The van der Waals surface area contributed by atoms with Crippen molar-refractivity contribution in [1.29, 1.82) is 0 Å². The zero-order chi connectivity index (χ0) is 20.1. The first-order valence-corrected chi connectivity index (χ1v) is 10.2. The largest absolute Gasteiger partial charge is 0.497 e. The maximum absolute atomic E-state index is 12.9. The van der Waals surface area contributed by atoms with Crippen LogP contribution in [0.3, 0.4) is 0 Å². The highest BCUT2D eigenvalue weighted by Gasteiger charge is 2.35. The van der Waals surface area contributed by atoms with Gasteiger partial charge in [0.15, 0.2) is 0 Å². The third-order valence-electron chi connectivity index (χ3n) is 4.73. The highest BCUT2D eigenvalue weighted by Crippen LogP contribution is 2.30. The molecule has 1 aliphatic heterocycles. The van der Waals surface area contributed by atoms with Crippen LogP contribution in [0.5, 0.6) is 11.5 Å². The molecular formula is C21H24N2O4S. The van der Waals surface area contributed by atoms with E-state index < -0.39 is 6.04 Å². The molecule has 28 heavy (non-hydrogen) atoms. The molecule has 148 valence electrons. The van der Waals surface area contributed by atoms with E-state index in [1.807, 2.05) is 43.3 Å². The number of nitrogens with zero attached hydrogens (tertiary/aromatic N) is 1. The summed E-state index contributed by atoms with van der Waals surface area (Å²) >= 11 is 1.58. The summed E-state index contributed by atoms with van der Waals surface area (Å²) in [4.78, 5) is 27.4. The van der Waals surface area contributed by atoms with E-state index in [0.717, 1.165) is 5.56 Å². The summed E-state index contributed by atoms with van der Waals surface area (Å²) < 4.78 is 10.7. The number of nitrogens with one attached hydrogen (secondary N) is 1. The van der Waals surface area contributed by atoms with Gasteiger partial charge in [0.2, 0.25) is 5.91 Å². The number of carbonyl (C=O) groups is 2. The van der Waals surface area contributed by atoms with Crippen LogP contribution in [0.2, 0.25) is 0 Å². The summed E-state index contributed by atoms with van der Waals surface area (Å²) in [6.07, 6.45) is 0. The van der Waals surface area contributed by atoms with Crippen LogP contribution in [0.15, 0.2) is 48.5 Å². The van der Waals surface area contributed by atoms with Crippen molar-refractivity contribution in [3.8, 4) is 11.5 Å². The highest BCUT2D eigenvalue weighted by molar-refractivity contribution is 7.99. The molecule has 1 saturated heterocycles. The third-order valence-corrected chi connectivity index (χ3v) is 5.74. The van der Waals surface area contributed by atoms with E-state index in [4.69, 9.17) is 9.47 Å². The Morgan fingerprint density at radius 3 is 2.57 bits per heavy atom. The number of hydrogen-bond donors (Lipinski definition) is 1. The van der Waals surface area contributed by atoms with Crippen LogP contribution in [0.4, 0.5) is 0 Å². The fourth-order valence-electron chi connectivity index (χ4n) is 3.17. The molecule has 2 atom stereocenters. The Hall–Kier alpha value is -2.67. The topological polar surface area (TPSA) is 67.9 Å². The zero-order valence-electron chi connectivity index (χ0n) is 16.2. The molecule has 0 spiro atoms. The Bertz CT molecular complexity index is 844. The Kier molecular flexibility index (Phi) is 6.46. The zero-order valence-corrected chi connectivity index (χ0v) is 17.0. The number of hydrogen-bond acceptors (Lipinski definition) is 5. The van der Waals surface area contributed by atoms with Gasteiger partial charge >= 0.3 is 0 Å². The number of thioether (sulfide) groups is 1. The number of carbonyl (C=O) groups excluding carboxylic acids is 2. The molecular weight excluding hydrogens is 376 g/mol. The molecule has 0 aliphatic carbocycles. The molecule has 0 saturated carbocycles. The molecule has 2 unspecified atom stereocenters. The van der Waals surface area contributed by atoms with Gasteiger partial charge in [-0.05, 0) is 37.3 Å². The van der Waals surface area contributed by atoms with Crippen LogP contribution < -0.4 is 14.8 Å². The standard InChI is InChI=1S/C21H24N2O4S/c1-14(17-11-16(26-2)9-10-19(17)27-3)22-20(24)18-12-28-13-23(18)21(25)15-7-5-4-6-8-15/h4-11,14,18H,12-13H2,1-3H3,(H,22,24). The molecule has 1 heterocycles. The van der Waals surface area contributed by atoms with Crippen molar-refractivity contribution in [2.75, 3.05) is 25.8 Å². The SMILES string of the molecule is COc1ccc(OC)c(C(C)NC(=O)C2CSCN2C(=O)c2ccccc2)c1. The minimum absolute atomic E-state index is 0.127. The molecule has 6 nitrogen and oxygen atoms in total. The summed E-state index contributed by atoms with van der Waals surface area (Å²) in [6, 6.07) is 13.7. The average molecular weight is 401 g/mol. The van der Waals surface area contributed by atoms with Crippen LogP contribution >= 0.6 is 11.8 Å². The van der Waals surface area contributed by atoms with Gasteiger partial charge in [-0.3, -0.25) is 9.59 Å². The molecule has 1 aliphatic rings. The number of ether oxygens (including phenoxy) is 2. The van der Waals surface area contributed by atoms with Crippen LogP contribution in [-0.2, 0) is 4.79 Å². The van der Waals surface area contributed by atoms with Crippen molar-refractivity contribution in [2.45, 2.75) is 19.0 Å². The first-order chi connectivity index (χ1) is 13.5. The first-order valence-electron chi connectivity index (χ1n) is 9.01. The first kappa shape index (κ1) is 20.1. The van der Waals surface area contributed by atoms with E-state index in [2.05, 4.69) is 5.32 Å². The van der Waals surface area contributed by atoms with Crippen molar-refractivity contribution < 1.29 is 19.1 Å². The van der Waals surface area contributed by atoms with E-state index in [9.17, 15) is 9.59 Å². The van der Waals surface area contributed by atoms with Crippen LogP contribution in [-0.4, -0.2) is 48.6 Å². The number of amides is 2. The maximum Gasteiger partial charge on any atom is 0.255 e. The van der Waals surface area contributed by atoms with Gasteiger partial charge in [0.25, 0.3) is 5.91 Å². The highest BCUT2D eigenvalue weighted by atomic mass is 32.2. The van der Waals surface area contributed by atoms with Gasteiger partial charge in [-0.25, -0.2) is 0 Å². The van der Waals surface area contributed by atoms with Gasteiger partial charge in [-0.1, -0.05) is 18.2 Å². The monoisotopic (exact) mass is 400 g/mol. The van der Waals surface area contributed by atoms with Crippen molar-refractivity contribution in [2.24, 2.45) is 0 Å². The number of methoxy groups -OCH3 is 2. The summed E-state index contributed by atoms with van der Waals surface area (Å²) in [5, 5.41) is 3.02. The predicted octanol–water partition coefficient (Wildman–Crippen LogP) is 3.10. The summed E-state index contributed by atoms with van der Waals surface area (Å²) in [7, 11) is 3.19. The van der Waals surface area contributed by atoms with Gasteiger partial charge in [0.1, 0.15) is 17.5 Å². The van der Waals surface area contributed by atoms with Gasteiger partial charge < -0.3 is 19.7 Å². The lowest BCUT2D eigenvalue weighted by Crippen LogP contribution is -2.47. The molecule has 7 heteroatoms. The quantitative estimate of drug-likeness (QED) is 0.807. The Morgan fingerprint density at radius 2 is 1.89 bits per heavy atom. The van der Waals surface area contributed by atoms with Crippen LogP contribution in [0.25, 0.3) is 0 Å². The lowest BCUT2D eigenvalue weighted by atomic mass is 10.1. The summed E-state index contributed by atoms with van der Waals surface area (Å²) in [5.41, 5.74) is 1.41. The second kappa shape index (κ2) is 9.01. The molecule has 1 N–H and O–H groups in total. The van der Waals surface area contributed by atoms with Crippen LogP contribution in [0.1, 0.15) is 28.9 Å². The van der Waals surface area contributed by atoms with E-state index in [0.29, 0.717) is 28.7 Å². The van der Waals surface area contributed by atoms with Gasteiger partial charge in [0.05, 0.1) is 26.1 Å². The Balaban J connectivity index is 1.74. The molecule has 3 rings (SSSR count). The third kappa shape index (κ3) is 4.25. The molecule has 0 bridgehead atoms. The molecule has 0 radical (unpaired) electrons. The number of rotatable bonds is 6. The van der Waals surface area contributed by atoms with E-state index in [1.54, 1.807) is 43.0 Å². The molecule has 2 aromatic carbocycles. The molecule has 1 fully saturated rings. The Morgan fingerprint density at radius 1 is 1.14 bits per heavy atom. The second-order valence-electron chi connectivity index (χ2n) is 6.49. The molecule has 2 amide bonds. The summed E-state index contributed by atoms with van der Waals surface area (Å²) in [6.45, 7) is 1.89. The fraction of sp³-hybridized carbons (Fsp3) is 0.333. The van der Waals surface area contributed by atoms with E-state index in [-0.39, 0.29) is 17.9 Å². The van der Waals surface area contributed by atoms with Crippen molar-refractivity contribution in [3.63, 3.8) is 0 Å². The smallest absolute Gasteiger partial charge is 0.255 e. The van der Waals surface area contributed by atoms with Crippen molar-refractivity contribution in [3.05, 3.63) is 59.7 Å². The molecule has 0 aromatic heterocycles. The lowest BCUT2D eigenvalue weighted by Gasteiger charge is -2.25. The average Bonchev–Trinajstić information content (AvgIpc) is 3.23. The normalized spacial score (nSPS) is 17.1.